The second kappa shape index (κ2) is 7.97. The van der Waals surface area contributed by atoms with Crippen molar-refractivity contribution in [3.63, 3.8) is 0 Å². The third-order valence-corrected chi connectivity index (χ3v) is 4.24. The third kappa shape index (κ3) is 3.83. The van der Waals surface area contributed by atoms with Crippen molar-refractivity contribution in [2.75, 3.05) is 11.9 Å². The van der Waals surface area contributed by atoms with E-state index in [2.05, 4.69) is 10.3 Å². The summed E-state index contributed by atoms with van der Waals surface area (Å²) >= 11 is 5.26. The minimum absolute atomic E-state index is 0.121. The van der Waals surface area contributed by atoms with Gasteiger partial charge in [0.05, 0.1) is 23.2 Å². The highest BCUT2D eigenvalue weighted by Crippen LogP contribution is 2.23. The number of aromatic amines is 1. The van der Waals surface area contributed by atoms with Crippen LogP contribution >= 0.6 is 12.2 Å². The van der Waals surface area contributed by atoms with Crippen molar-refractivity contribution >= 4 is 34.7 Å². The smallest absolute Gasteiger partial charge is 0.262 e. The molecular formula is C19H19N3O3S. The minimum atomic E-state index is -0.216. The Hall–Kier alpha value is -2.93. The van der Waals surface area contributed by atoms with Gasteiger partial charge in [0, 0.05) is 13.0 Å². The summed E-state index contributed by atoms with van der Waals surface area (Å²) < 4.78 is 7.21. The number of nitrogens with one attached hydrogen (secondary N) is 2. The molecule has 3 aromatic rings. The van der Waals surface area contributed by atoms with Gasteiger partial charge < -0.3 is 15.0 Å². The first kappa shape index (κ1) is 17.9. The van der Waals surface area contributed by atoms with Gasteiger partial charge in [-0.25, -0.2) is 0 Å². The number of carbonyl (C=O) groups excluding carboxylic acids is 1. The molecule has 2 aromatic carbocycles. The van der Waals surface area contributed by atoms with Crippen LogP contribution in [-0.4, -0.2) is 22.1 Å². The summed E-state index contributed by atoms with van der Waals surface area (Å²) in [5.74, 6) is 0.398. The number of ether oxygens (including phenoxy) is 1. The molecule has 26 heavy (non-hydrogen) atoms. The molecule has 0 aliphatic rings. The number of benzene rings is 2. The molecule has 1 heterocycles. The van der Waals surface area contributed by atoms with E-state index in [9.17, 15) is 9.59 Å². The molecule has 3 rings (SSSR count). The molecule has 1 aromatic heterocycles. The molecular weight excluding hydrogens is 350 g/mol. The number of aromatic nitrogens is 2. The van der Waals surface area contributed by atoms with E-state index in [-0.39, 0.29) is 24.4 Å². The average molecular weight is 369 g/mol. The second-order valence-electron chi connectivity index (χ2n) is 5.66. The van der Waals surface area contributed by atoms with E-state index in [4.69, 9.17) is 17.0 Å². The predicted octanol–water partition coefficient (Wildman–Crippen LogP) is 3.49. The number of hydrogen-bond acceptors (Lipinski definition) is 4. The molecule has 7 heteroatoms. The van der Waals surface area contributed by atoms with Crippen LogP contribution < -0.4 is 15.6 Å². The quantitative estimate of drug-likeness (QED) is 0.652. The van der Waals surface area contributed by atoms with Gasteiger partial charge in [0.2, 0.25) is 5.91 Å². The number of carbonyl (C=O) groups is 1. The van der Waals surface area contributed by atoms with E-state index < -0.39 is 0 Å². The summed E-state index contributed by atoms with van der Waals surface area (Å²) in [5.41, 5.74) is 1.09. The zero-order chi connectivity index (χ0) is 18.5. The molecule has 134 valence electrons. The lowest BCUT2D eigenvalue weighted by Crippen LogP contribution is -2.25. The van der Waals surface area contributed by atoms with Crippen molar-refractivity contribution in [2.24, 2.45) is 0 Å². The Balaban J connectivity index is 1.76. The van der Waals surface area contributed by atoms with Crippen molar-refractivity contribution < 1.29 is 9.53 Å². The third-order valence-electron chi connectivity index (χ3n) is 3.91. The van der Waals surface area contributed by atoms with Crippen LogP contribution in [0.5, 0.6) is 5.75 Å². The molecule has 0 radical (unpaired) electrons. The SMILES string of the molecule is CCOc1ccccc1NC(=O)CCn1c(=S)[nH]c2ccccc2c1=O. The highest BCUT2D eigenvalue weighted by molar-refractivity contribution is 7.71. The van der Waals surface area contributed by atoms with Crippen molar-refractivity contribution in [3.8, 4) is 5.75 Å². The zero-order valence-electron chi connectivity index (χ0n) is 14.3. The maximum absolute atomic E-state index is 12.6. The maximum Gasteiger partial charge on any atom is 0.262 e. The number of rotatable bonds is 6. The first-order chi connectivity index (χ1) is 12.6. The lowest BCUT2D eigenvalue weighted by molar-refractivity contribution is -0.116. The summed E-state index contributed by atoms with van der Waals surface area (Å²) in [7, 11) is 0. The van der Waals surface area contributed by atoms with Crippen LogP contribution in [0.1, 0.15) is 13.3 Å². The van der Waals surface area contributed by atoms with Gasteiger partial charge in [-0.3, -0.25) is 14.2 Å². The van der Waals surface area contributed by atoms with Crippen LogP contribution in [0.2, 0.25) is 0 Å². The highest BCUT2D eigenvalue weighted by atomic mass is 32.1. The van der Waals surface area contributed by atoms with E-state index >= 15 is 0 Å². The molecule has 0 aliphatic carbocycles. The first-order valence-electron chi connectivity index (χ1n) is 8.33. The van der Waals surface area contributed by atoms with E-state index in [0.717, 1.165) is 0 Å². The molecule has 0 saturated heterocycles. The lowest BCUT2D eigenvalue weighted by atomic mass is 10.2. The second-order valence-corrected chi connectivity index (χ2v) is 6.05. The van der Waals surface area contributed by atoms with Gasteiger partial charge in [0.15, 0.2) is 4.77 Å². The van der Waals surface area contributed by atoms with E-state index in [1.165, 1.54) is 4.57 Å². The van der Waals surface area contributed by atoms with Crippen LogP contribution in [0.25, 0.3) is 10.9 Å². The summed E-state index contributed by atoms with van der Waals surface area (Å²) in [6.45, 7) is 2.59. The number of hydrogen-bond donors (Lipinski definition) is 2. The summed E-state index contributed by atoms with van der Waals surface area (Å²) in [4.78, 5) is 27.9. The average Bonchev–Trinajstić information content (AvgIpc) is 2.63. The Labute approximate surface area is 155 Å². The summed E-state index contributed by atoms with van der Waals surface area (Å²) in [6.07, 6.45) is 0.121. The Kier molecular flexibility index (Phi) is 5.48. The molecule has 1 amide bonds. The van der Waals surface area contributed by atoms with Crippen LogP contribution in [0.3, 0.4) is 0 Å². The Morgan fingerprint density at radius 3 is 2.73 bits per heavy atom. The Bertz CT molecular complexity index is 1060. The van der Waals surface area contributed by atoms with Crippen molar-refractivity contribution in [1.82, 2.24) is 9.55 Å². The van der Waals surface area contributed by atoms with E-state index in [1.807, 2.05) is 25.1 Å². The fraction of sp³-hybridized carbons (Fsp3) is 0.211. The standard InChI is InChI=1S/C19H19N3O3S/c1-2-25-16-10-6-5-9-15(16)20-17(23)11-12-22-18(24)13-7-3-4-8-14(13)21-19(22)26/h3-10H,2,11-12H2,1H3,(H,20,23)(H,21,26). The van der Waals surface area contributed by atoms with Gasteiger partial charge in [0.1, 0.15) is 5.75 Å². The largest absolute Gasteiger partial charge is 0.492 e. The molecule has 0 saturated carbocycles. The topological polar surface area (TPSA) is 76.1 Å². The maximum atomic E-state index is 12.6. The number of fused-ring (bicyclic) bond motifs is 1. The number of anilines is 1. The van der Waals surface area contributed by atoms with Gasteiger partial charge >= 0.3 is 0 Å². The summed E-state index contributed by atoms with van der Waals surface area (Å²) in [6, 6.07) is 14.4. The zero-order valence-corrected chi connectivity index (χ0v) is 15.1. The van der Waals surface area contributed by atoms with Crippen molar-refractivity contribution in [2.45, 2.75) is 19.9 Å². The van der Waals surface area contributed by atoms with Gasteiger partial charge in [-0.1, -0.05) is 24.3 Å². The lowest BCUT2D eigenvalue weighted by Gasteiger charge is -2.12. The predicted molar refractivity (Wildman–Crippen MR) is 104 cm³/mol. The molecule has 0 unspecified atom stereocenters. The molecule has 6 nitrogen and oxygen atoms in total. The van der Waals surface area contributed by atoms with E-state index in [0.29, 0.717) is 33.7 Å². The van der Waals surface area contributed by atoms with Crippen LogP contribution in [0, 0.1) is 4.77 Å². The Morgan fingerprint density at radius 1 is 1.19 bits per heavy atom. The van der Waals surface area contributed by atoms with Crippen LogP contribution in [0.4, 0.5) is 5.69 Å². The Morgan fingerprint density at radius 2 is 1.92 bits per heavy atom. The van der Waals surface area contributed by atoms with E-state index in [1.54, 1.807) is 30.3 Å². The van der Waals surface area contributed by atoms with Crippen molar-refractivity contribution in [1.29, 1.82) is 0 Å². The van der Waals surface area contributed by atoms with Crippen molar-refractivity contribution in [3.05, 3.63) is 63.7 Å². The molecule has 2 N–H and O–H groups in total. The normalized spacial score (nSPS) is 10.7. The molecule has 0 atom stereocenters. The van der Waals surface area contributed by atoms with Crippen LogP contribution in [0.15, 0.2) is 53.3 Å². The number of amides is 1. The highest BCUT2D eigenvalue weighted by Gasteiger charge is 2.10. The van der Waals surface area contributed by atoms with Gasteiger partial charge in [0.25, 0.3) is 5.56 Å². The number of para-hydroxylation sites is 3. The monoisotopic (exact) mass is 369 g/mol. The molecule has 0 fully saturated rings. The minimum Gasteiger partial charge on any atom is -0.492 e. The van der Waals surface area contributed by atoms with Gasteiger partial charge in [-0.15, -0.1) is 0 Å². The first-order valence-corrected chi connectivity index (χ1v) is 8.74. The number of H-pyrrole nitrogens is 1. The molecule has 0 aliphatic heterocycles. The van der Waals surface area contributed by atoms with Gasteiger partial charge in [-0.2, -0.15) is 0 Å². The fourth-order valence-electron chi connectivity index (χ4n) is 2.68. The van der Waals surface area contributed by atoms with Crippen LogP contribution in [-0.2, 0) is 11.3 Å². The summed E-state index contributed by atoms with van der Waals surface area (Å²) in [5, 5.41) is 3.36. The fourth-order valence-corrected chi connectivity index (χ4v) is 2.96. The molecule has 0 bridgehead atoms. The van der Waals surface area contributed by atoms with Gasteiger partial charge in [-0.05, 0) is 43.4 Å². The number of nitrogens with zero attached hydrogens (tertiary/aromatic N) is 1. The molecule has 0 spiro atoms.